The van der Waals surface area contributed by atoms with Crippen molar-refractivity contribution in [3.05, 3.63) is 41.6 Å². The number of unbranched alkanes of at least 4 members (excludes halogenated alkanes) is 15. The summed E-state index contributed by atoms with van der Waals surface area (Å²) in [6.07, 6.45) is 28.6. The first-order chi connectivity index (χ1) is 15.3. The monoisotopic (exact) mass is 423 g/mol. The number of nitrogens with zero attached hydrogens (tertiary/aromatic N) is 2. The molecule has 1 aromatic rings. The van der Waals surface area contributed by atoms with Crippen LogP contribution in [0.2, 0.25) is 0 Å². The molecule has 172 valence electrons. The van der Waals surface area contributed by atoms with Crippen LogP contribution in [0.4, 0.5) is 0 Å². The summed E-state index contributed by atoms with van der Waals surface area (Å²) in [5, 5.41) is 0. The molecule has 1 unspecified atom stereocenters. The molecule has 1 aliphatic heterocycles. The van der Waals surface area contributed by atoms with Crippen molar-refractivity contribution in [3.8, 4) is 0 Å². The second-order valence-corrected chi connectivity index (χ2v) is 9.49. The number of hydrogen-bond donors (Lipinski definition) is 0. The van der Waals surface area contributed by atoms with Gasteiger partial charge in [-0.3, -0.25) is 0 Å². The van der Waals surface area contributed by atoms with E-state index in [1.165, 1.54) is 115 Å². The van der Waals surface area contributed by atoms with Gasteiger partial charge in [-0.05, 0) is 30.0 Å². The maximum absolute atomic E-state index is 4.27. The number of rotatable bonds is 19. The van der Waals surface area contributed by atoms with Gasteiger partial charge in [0.05, 0.1) is 0 Å². The smallest absolute Gasteiger partial charge is 0.147 e. The van der Waals surface area contributed by atoms with Crippen LogP contribution in [-0.4, -0.2) is 12.4 Å². The Bertz CT molecular complexity index is 590. The van der Waals surface area contributed by atoms with Gasteiger partial charge < -0.3 is 0 Å². The van der Waals surface area contributed by atoms with Gasteiger partial charge in [0.1, 0.15) is 18.0 Å². The van der Waals surface area contributed by atoms with Crippen LogP contribution in [-0.2, 0) is 0 Å². The minimum atomic E-state index is 0.640. The van der Waals surface area contributed by atoms with Gasteiger partial charge in [-0.25, -0.2) is 0 Å². The summed E-state index contributed by atoms with van der Waals surface area (Å²) < 4.78 is 0. The van der Waals surface area contributed by atoms with Gasteiger partial charge >= 0.3 is 0 Å². The highest BCUT2D eigenvalue weighted by Crippen LogP contribution is 2.26. The summed E-state index contributed by atoms with van der Waals surface area (Å²) in [6, 6.07) is 8.83. The molecule has 2 nitrogen and oxygen atoms in total. The number of hydrogen-bond acceptors (Lipinski definition) is 2. The Morgan fingerprint density at radius 1 is 0.613 bits per heavy atom. The molecule has 1 heterocycles. The first-order valence-electron chi connectivity index (χ1n) is 13.3. The fraction of sp³-hybridized carbons (Fsp3) is 0.690. The van der Waals surface area contributed by atoms with Crippen molar-refractivity contribution < 1.29 is 0 Å². The van der Waals surface area contributed by atoms with Gasteiger partial charge in [-0.1, -0.05) is 117 Å². The van der Waals surface area contributed by atoms with Gasteiger partial charge in [-0.15, -0.1) is 9.98 Å². The molecular weight excluding hydrogens is 376 g/mol. The Labute approximate surface area is 193 Å². The standard InChI is InChI=1S/C29H47N2/c1-3-4-5-6-7-8-9-10-11-12-13-14-15-16-17-18-19-26(2)27-20-22-28(23-21-27)29-30-24-25-31-29/h20-26H,3-19H2,1-2H3/q+1. The molecule has 0 radical (unpaired) electrons. The molecule has 0 saturated carbocycles. The Kier molecular flexibility index (Phi) is 14.1. The molecule has 2 rings (SSSR count). The summed E-state index contributed by atoms with van der Waals surface area (Å²) in [6.45, 7) is 4.66. The first kappa shape index (κ1) is 25.7. The van der Waals surface area contributed by atoms with E-state index < -0.39 is 0 Å². The Morgan fingerprint density at radius 3 is 1.48 bits per heavy atom. The predicted molar refractivity (Wildman–Crippen MR) is 138 cm³/mol. The largest absolute Gasteiger partial charge is 0.243 e. The fourth-order valence-corrected chi connectivity index (χ4v) is 4.52. The van der Waals surface area contributed by atoms with E-state index in [2.05, 4.69) is 48.1 Å². The van der Waals surface area contributed by atoms with Crippen LogP contribution in [0.15, 0.2) is 34.3 Å². The van der Waals surface area contributed by atoms with Crippen molar-refractivity contribution in [2.24, 2.45) is 9.98 Å². The lowest BCUT2D eigenvalue weighted by Crippen LogP contribution is -1.96. The topological polar surface area (TPSA) is 24.7 Å². The van der Waals surface area contributed by atoms with Gasteiger partial charge in [-0.2, -0.15) is 0 Å². The Hall–Kier alpha value is -1.57. The van der Waals surface area contributed by atoms with E-state index in [0.717, 1.165) is 11.7 Å². The first-order valence-corrected chi connectivity index (χ1v) is 13.3. The Morgan fingerprint density at radius 2 is 1.03 bits per heavy atom. The Balaban J connectivity index is 1.37. The molecule has 1 aliphatic rings. The maximum atomic E-state index is 4.27. The molecule has 0 bridgehead atoms. The van der Waals surface area contributed by atoms with Crippen LogP contribution >= 0.6 is 0 Å². The minimum absolute atomic E-state index is 0.640. The third kappa shape index (κ3) is 11.6. The molecule has 1 aromatic carbocycles. The molecule has 0 aliphatic carbocycles. The van der Waals surface area contributed by atoms with Gasteiger partial charge in [0.2, 0.25) is 6.17 Å². The average molecular weight is 424 g/mol. The molecule has 0 N–H and O–H groups in total. The zero-order chi connectivity index (χ0) is 22.0. The summed E-state index contributed by atoms with van der Waals surface area (Å²) in [5.74, 6) is 0.640. The fourth-order valence-electron chi connectivity index (χ4n) is 4.52. The lowest BCUT2D eigenvalue weighted by Gasteiger charge is -2.11. The van der Waals surface area contributed by atoms with Crippen LogP contribution in [0.25, 0.3) is 0 Å². The molecule has 0 amide bonds. The molecular formula is C29H47N2+. The van der Waals surface area contributed by atoms with Crippen molar-refractivity contribution in [2.45, 2.75) is 129 Å². The quantitative estimate of drug-likeness (QED) is 0.156. The second-order valence-electron chi connectivity index (χ2n) is 9.49. The van der Waals surface area contributed by atoms with Gasteiger partial charge in [0.15, 0.2) is 0 Å². The van der Waals surface area contributed by atoms with Gasteiger partial charge in [0.25, 0.3) is 0 Å². The van der Waals surface area contributed by atoms with E-state index in [-0.39, 0.29) is 0 Å². The molecule has 0 spiro atoms. The highest BCUT2D eigenvalue weighted by molar-refractivity contribution is 6.18. The van der Waals surface area contributed by atoms with Crippen molar-refractivity contribution in [1.82, 2.24) is 0 Å². The summed E-state index contributed by atoms with van der Waals surface area (Å²) >= 11 is 0. The van der Waals surface area contributed by atoms with Crippen LogP contribution in [0.3, 0.4) is 0 Å². The molecule has 0 saturated heterocycles. The van der Waals surface area contributed by atoms with Crippen LogP contribution in [0.5, 0.6) is 0 Å². The highest BCUT2D eigenvalue weighted by atomic mass is 15.0. The average Bonchev–Trinajstić information content (AvgIpc) is 3.34. The zero-order valence-corrected chi connectivity index (χ0v) is 20.5. The normalized spacial score (nSPS) is 13.9. The zero-order valence-electron chi connectivity index (χ0n) is 20.5. The summed E-state index contributed by atoms with van der Waals surface area (Å²) in [4.78, 5) is 8.55. The lowest BCUT2D eigenvalue weighted by molar-refractivity contribution is 0.521. The highest BCUT2D eigenvalue weighted by Gasteiger charge is 2.18. The van der Waals surface area contributed by atoms with E-state index in [1.807, 2.05) is 0 Å². The number of aliphatic imine (C=N–C) groups is 2. The molecule has 0 aromatic heterocycles. The second kappa shape index (κ2) is 17.0. The molecule has 31 heavy (non-hydrogen) atoms. The van der Waals surface area contributed by atoms with Crippen LogP contribution in [0, 0.1) is 6.17 Å². The van der Waals surface area contributed by atoms with Crippen LogP contribution in [0.1, 0.15) is 140 Å². The van der Waals surface area contributed by atoms with Crippen LogP contribution < -0.4 is 0 Å². The predicted octanol–water partition coefficient (Wildman–Crippen LogP) is 9.43. The third-order valence-electron chi connectivity index (χ3n) is 6.69. The summed E-state index contributed by atoms with van der Waals surface area (Å²) in [7, 11) is 0. The molecule has 2 heteroatoms. The van der Waals surface area contributed by atoms with Gasteiger partial charge in [0, 0.05) is 12.1 Å². The van der Waals surface area contributed by atoms with E-state index >= 15 is 0 Å². The molecule has 1 atom stereocenters. The van der Waals surface area contributed by atoms with E-state index in [9.17, 15) is 0 Å². The van der Waals surface area contributed by atoms with E-state index in [0.29, 0.717) is 5.92 Å². The SMILES string of the molecule is CCCCCCCCCCCCCCCCCCC(C)c1ccc([C+]2N=CC=N2)cc1. The van der Waals surface area contributed by atoms with Crippen molar-refractivity contribution in [1.29, 1.82) is 0 Å². The minimum Gasteiger partial charge on any atom is -0.147 e. The third-order valence-corrected chi connectivity index (χ3v) is 6.69. The van der Waals surface area contributed by atoms with E-state index in [4.69, 9.17) is 0 Å². The van der Waals surface area contributed by atoms with Crippen molar-refractivity contribution in [2.75, 3.05) is 0 Å². The summed E-state index contributed by atoms with van der Waals surface area (Å²) in [5.41, 5.74) is 2.56. The lowest BCUT2D eigenvalue weighted by atomic mass is 9.93. The van der Waals surface area contributed by atoms with Crippen molar-refractivity contribution in [3.63, 3.8) is 0 Å². The molecule has 0 fully saturated rings. The maximum Gasteiger partial charge on any atom is 0.243 e. The van der Waals surface area contributed by atoms with Crippen molar-refractivity contribution >= 4 is 12.4 Å². The number of benzene rings is 1. The van der Waals surface area contributed by atoms with E-state index in [1.54, 1.807) is 12.4 Å².